The van der Waals surface area contributed by atoms with Crippen LogP contribution in [0.1, 0.15) is 18.1 Å². The van der Waals surface area contributed by atoms with Crippen molar-refractivity contribution in [3.8, 4) is 11.5 Å². The summed E-state index contributed by atoms with van der Waals surface area (Å²) in [6, 6.07) is 11.9. The molecule has 0 saturated heterocycles. The Kier molecular flexibility index (Phi) is 6.38. The van der Waals surface area contributed by atoms with Gasteiger partial charge in [-0.2, -0.15) is 0 Å². The zero-order valence-corrected chi connectivity index (χ0v) is 13.4. The molecular formula is C18H22FNO3. The Balaban J connectivity index is 1.97. The summed E-state index contributed by atoms with van der Waals surface area (Å²) < 4.78 is 24.0. The molecule has 0 spiro atoms. The van der Waals surface area contributed by atoms with E-state index in [4.69, 9.17) is 9.47 Å². The number of aliphatic hydroxyl groups is 1. The Morgan fingerprint density at radius 1 is 1.09 bits per heavy atom. The maximum Gasteiger partial charge on any atom is 0.161 e. The minimum Gasteiger partial charge on any atom is -0.493 e. The molecule has 5 heteroatoms. The monoisotopic (exact) mass is 319 g/mol. The first-order valence-corrected chi connectivity index (χ1v) is 7.51. The van der Waals surface area contributed by atoms with E-state index in [1.807, 2.05) is 18.2 Å². The second-order valence-electron chi connectivity index (χ2n) is 5.38. The molecule has 0 fully saturated rings. The van der Waals surface area contributed by atoms with Gasteiger partial charge in [0.1, 0.15) is 12.4 Å². The van der Waals surface area contributed by atoms with E-state index in [1.54, 1.807) is 26.2 Å². The van der Waals surface area contributed by atoms with Gasteiger partial charge < -0.3 is 19.9 Å². The molecule has 0 aliphatic rings. The smallest absolute Gasteiger partial charge is 0.161 e. The van der Waals surface area contributed by atoms with Gasteiger partial charge in [-0.15, -0.1) is 0 Å². The molecule has 0 unspecified atom stereocenters. The van der Waals surface area contributed by atoms with Gasteiger partial charge in [0.2, 0.25) is 0 Å². The third kappa shape index (κ3) is 5.54. The molecule has 0 heterocycles. The third-order valence-corrected chi connectivity index (χ3v) is 3.30. The molecule has 23 heavy (non-hydrogen) atoms. The van der Waals surface area contributed by atoms with E-state index < -0.39 is 0 Å². The first-order chi connectivity index (χ1) is 11.1. The molecule has 2 aromatic rings. The fraction of sp³-hybridized carbons (Fsp3) is 0.333. The second kappa shape index (κ2) is 8.50. The van der Waals surface area contributed by atoms with E-state index >= 15 is 0 Å². The van der Waals surface area contributed by atoms with Crippen molar-refractivity contribution in [3.63, 3.8) is 0 Å². The topological polar surface area (TPSA) is 50.7 Å². The van der Waals surface area contributed by atoms with Gasteiger partial charge in [0.15, 0.2) is 11.5 Å². The molecule has 0 saturated carbocycles. The molecule has 124 valence electrons. The molecular weight excluding hydrogens is 297 g/mol. The highest BCUT2D eigenvalue weighted by Crippen LogP contribution is 2.28. The SMILES string of the molecule is COc1cc(CNC[C@H](C)O)ccc1OCc1ccc(F)cc1. The van der Waals surface area contributed by atoms with Gasteiger partial charge in [0.25, 0.3) is 0 Å². The Morgan fingerprint density at radius 2 is 1.78 bits per heavy atom. The third-order valence-electron chi connectivity index (χ3n) is 3.30. The molecule has 0 radical (unpaired) electrons. The van der Waals surface area contributed by atoms with Gasteiger partial charge in [0, 0.05) is 13.1 Å². The summed E-state index contributed by atoms with van der Waals surface area (Å²) in [4.78, 5) is 0. The highest BCUT2D eigenvalue weighted by Gasteiger charge is 2.07. The van der Waals surface area contributed by atoms with Gasteiger partial charge in [-0.25, -0.2) is 4.39 Å². The summed E-state index contributed by atoms with van der Waals surface area (Å²) in [7, 11) is 1.59. The molecule has 2 rings (SSSR count). The lowest BCUT2D eigenvalue weighted by Gasteiger charge is -2.13. The summed E-state index contributed by atoms with van der Waals surface area (Å²) in [5.74, 6) is 1.01. The molecule has 0 aliphatic carbocycles. The zero-order chi connectivity index (χ0) is 16.7. The largest absolute Gasteiger partial charge is 0.493 e. The van der Waals surface area contributed by atoms with Crippen LogP contribution in [0.4, 0.5) is 4.39 Å². The molecule has 1 atom stereocenters. The first kappa shape index (κ1) is 17.2. The number of halogens is 1. The zero-order valence-electron chi connectivity index (χ0n) is 13.4. The lowest BCUT2D eigenvalue weighted by Crippen LogP contribution is -2.23. The van der Waals surface area contributed by atoms with Crippen LogP contribution in [0.15, 0.2) is 42.5 Å². The van der Waals surface area contributed by atoms with Crippen LogP contribution in [0, 0.1) is 5.82 Å². The van der Waals surface area contributed by atoms with Gasteiger partial charge in [-0.1, -0.05) is 18.2 Å². The Morgan fingerprint density at radius 3 is 2.43 bits per heavy atom. The van der Waals surface area contributed by atoms with E-state index in [0.29, 0.717) is 31.2 Å². The molecule has 0 aromatic heterocycles. The van der Waals surface area contributed by atoms with Crippen LogP contribution in [0.3, 0.4) is 0 Å². The minimum atomic E-state index is -0.379. The van der Waals surface area contributed by atoms with E-state index in [9.17, 15) is 9.50 Å². The lowest BCUT2D eigenvalue weighted by atomic mass is 10.2. The maximum atomic E-state index is 12.9. The molecule has 2 N–H and O–H groups in total. The molecule has 4 nitrogen and oxygen atoms in total. The average Bonchev–Trinajstić information content (AvgIpc) is 2.54. The summed E-state index contributed by atoms with van der Waals surface area (Å²) in [6.45, 7) is 3.25. The van der Waals surface area contributed by atoms with Gasteiger partial charge in [0.05, 0.1) is 13.2 Å². The Bertz CT molecular complexity index is 614. The highest BCUT2D eigenvalue weighted by atomic mass is 19.1. The highest BCUT2D eigenvalue weighted by molar-refractivity contribution is 5.43. The van der Waals surface area contributed by atoms with Crippen molar-refractivity contribution in [3.05, 3.63) is 59.4 Å². The van der Waals surface area contributed by atoms with Crippen molar-refractivity contribution < 1.29 is 19.0 Å². The Labute approximate surface area is 135 Å². The summed E-state index contributed by atoms with van der Waals surface area (Å²) in [6.07, 6.45) is -0.379. The second-order valence-corrected chi connectivity index (χ2v) is 5.38. The summed E-state index contributed by atoms with van der Waals surface area (Å²) in [5.41, 5.74) is 1.92. The van der Waals surface area contributed by atoms with Crippen LogP contribution in [0.25, 0.3) is 0 Å². The van der Waals surface area contributed by atoms with Crippen LogP contribution < -0.4 is 14.8 Å². The number of ether oxygens (including phenoxy) is 2. The lowest BCUT2D eigenvalue weighted by molar-refractivity contribution is 0.191. The van der Waals surface area contributed by atoms with Crippen molar-refractivity contribution in [1.29, 1.82) is 0 Å². The Hall–Kier alpha value is -2.11. The molecule has 0 amide bonds. The number of hydrogen-bond acceptors (Lipinski definition) is 4. The summed E-state index contributed by atoms with van der Waals surface area (Å²) >= 11 is 0. The molecule has 0 bridgehead atoms. The van der Waals surface area contributed by atoms with Crippen molar-refractivity contribution in [2.24, 2.45) is 0 Å². The van der Waals surface area contributed by atoms with E-state index in [2.05, 4.69) is 5.32 Å². The van der Waals surface area contributed by atoms with Crippen LogP contribution in [-0.2, 0) is 13.2 Å². The first-order valence-electron chi connectivity index (χ1n) is 7.51. The molecule has 0 aliphatic heterocycles. The van der Waals surface area contributed by atoms with Gasteiger partial charge in [-0.05, 0) is 42.3 Å². The normalized spacial score (nSPS) is 12.0. The van der Waals surface area contributed by atoms with Gasteiger partial charge in [-0.3, -0.25) is 0 Å². The fourth-order valence-electron chi connectivity index (χ4n) is 2.11. The number of nitrogens with one attached hydrogen (secondary N) is 1. The number of rotatable bonds is 8. The quantitative estimate of drug-likeness (QED) is 0.785. The predicted molar refractivity (Wildman–Crippen MR) is 87.1 cm³/mol. The van der Waals surface area contributed by atoms with Crippen molar-refractivity contribution >= 4 is 0 Å². The number of aliphatic hydroxyl groups excluding tert-OH is 1. The van der Waals surface area contributed by atoms with Crippen LogP contribution in [-0.4, -0.2) is 24.9 Å². The van der Waals surface area contributed by atoms with Gasteiger partial charge >= 0.3 is 0 Å². The van der Waals surface area contributed by atoms with Crippen LogP contribution >= 0.6 is 0 Å². The van der Waals surface area contributed by atoms with Crippen molar-refractivity contribution in [2.75, 3.05) is 13.7 Å². The standard InChI is InChI=1S/C18H22FNO3/c1-13(21)10-20-11-15-5-8-17(18(9-15)22-2)23-12-14-3-6-16(19)7-4-14/h3-9,13,20-21H,10-12H2,1-2H3/t13-/m0/s1. The predicted octanol–water partition coefficient (Wildman–Crippen LogP) is 2.88. The van der Waals surface area contributed by atoms with Crippen molar-refractivity contribution in [2.45, 2.75) is 26.2 Å². The summed E-state index contributed by atoms with van der Waals surface area (Å²) in [5, 5.41) is 12.4. The maximum absolute atomic E-state index is 12.9. The van der Waals surface area contributed by atoms with E-state index in [-0.39, 0.29) is 11.9 Å². The van der Waals surface area contributed by atoms with Crippen molar-refractivity contribution in [1.82, 2.24) is 5.32 Å². The minimum absolute atomic E-state index is 0.264. The van der Waals surface area contributed by atoms with Crippen LogP contribution in [0.5, 0.6) is 11.5 Å². The number of methoxy groups -OCH3 is 1. The number of benzene rings is 2. The molecule has 2 aromatic carbocycles. The number of hydrogen-bond donors (Lipinski definition) is 2. The average molecular weight is 319 g/mol. The van der Waals surface area contributed by atoms with E-state index in [0.717, 1.165) is 11.1 Å². The van der Waals surface area contributed by atoms with E-state index in [1.165, 1.54) is 12.1 Å². The van der Waals surface area contributed by atoms with Crippen LogP contribution in [0.2, 0.25) is 0 Å². The fourth-order valence-corrected chi connectivity index (χ4v) is 2.11.